The second-order valence-corrected chi connectivity index (χ2v) is 8.12. The fourth-order valence-corrected chi connectivity index (χ4v) is 5.56. The molecule has 2 heterocycles. The molecule has 1 saturated heterocycles. The van der Waals surface area contributed by atoms with E-state index < -0.39 is 10.0 Å². The molecule has 2 rings (SSSR count). The van der Waals surface area contributed by atoms with Gasteiger partial charge in [0.2, 0.25) is 0 Å². The van der Waals surface area contributed by atoms with E-state index in [1.54, 1.807) is 10.4 Å². The molecule has 0 saturated carbocycles. The average Bonchev–Trinajstić information content (AvgIpc) is 2.95. The van der Waals surface area contributed by atoms with E-state index in [0.717, 1.165) is 17.7 Å². The van der Waals surface area contributed by atoms with Gasteiger partial charge in [0.1, 0.15) is 4.21 Å². The van der Waals surface area contributed by atoms with Crippen LogP contribution in [0.1, 0.15) is 25.1 Å². The maximum atomic E-state index is 12.5. The van der Waals surface area contributed by atoms with E-state index in [-0.39, 0.29) is 18.4 Å². The highest BCUT2D eigenvalue weighted by Gasteiger charge is 2.37. The summed E-state index contributed by atoms with van der Waals surface area (Å²) >= 11 is 1.38. The molecule has 1 aromatic heterocycles. The normalized spacial score (nSPS) is 24.4. The summed E-state index contributed by atoms with van der Waals surface area (Å²) in [5, 5.41) is 0. The summed E-state index contributed by atoms with van der Waals surface area (Å²) in [5.74, 6) is 0.292. The van der Waals surface area contributed by atoms with Gasteiger partial charge in [-0.05, 0) is 44.4 Å². The number of rotatable bonds is 4. The van der Waals surface area contributed by atoms with Gasteiger partial charge < -0.3 is 5.73 Å². The molecule has 110 valence electrons. The van der Waals surface area contributed by atoms with E-state index in [0.29, 0.717) is 23.2 Å². The van der Waals surface area contributed by atoms with Crippen LogP contribution in [0.3, 0.4) is 0 Å². The van der Waals surface area contributed by atoms with E-state index >= 15 is 0 Å². The van der Waals surface area contributed by atoms with Crippen molar-refractivity contribution < 1.29 is 8.42 Å². The maximum Gasteiger partial charge on any atom is 0.252 e. The lowest BCUT2D eigenvalue weighted by Gasteiger charge is -2.19. The van der Waals surface area contributed by atoms with E-state index in [2.05, 4.69) is 0 Å². The largest absolute Gasteiger partial charge is 0.330 e. The van der Waals surface area contributed by atoms with Gasteiger partial charge in [0.25, 0.3) is 10.0 Å². The minimum atomic E-state index is -3.32. The molecule has 2 N–H and O–H groups in total. The quantitative estimate of drug-likeness (QED) is 0.922. The third-order valence-corrected chi connectivity index (χ3v) is 7.16. The first-order valence-electron chi connectivity index (χ1n) is 6.29. The molecule has 0 spiro atoms. The van der Waals surface area contributed by atoms with E-state index in [4.69, 9.17) is 5.73 Å². The summed E-state index contributed by atoms with van der Waals surface area (Å²) in [7, 11) is -3.32. The van der Waals surface area contributed by atoms with Crippen molar-refractivity contribution in [1.29, 1.82) is 0 Å². The second-order valence-electron chi connectivity index (χ2n) is 4.84. The molecular weight excluding hydrogens is 304 g/mol. The number of thiophene rings is 1. The highest BCUT2D eigenvalue weighted by molar-refractivity contribution is 7.91. The SMILES string of the molecule is CCc1ccc(S(=O)(=O)N2CC(CN)CC2C)s1.Cl. The third kappa shape index (κ3) is 3.31. The third-order valence-electron chi connectivity index (χ3n) is 3.49. The van der Waals surface area contributed by atoms with Crippen LogP contribution in [-0.4, -0.2) is 31.9 Å². The fraction of sp³-hybridized carbons (Fsp3) is 0.667. The van der Waals surface area contributed by atoms with Gasteiger partial charge in [-0.25, -0.2) is 8.42 Å². The molecule has 0 radical (unpaired) electrons. The van der Waals surface area contributed by atoms with E-state index in [9.17, 15) is 8.42 Å². The first kappa shape index (κ1) is 16.9. The van der Waals surface area contributed by atoms with Crippen molar-refractivity contribution in [3.63, 3.8) is 0 Å². The Morgan fingerprint density at radius 3 is 2.63 bits per heavy atom. The number of nitrogens with zero attached hydrogens (tertiary/aromatic N) is 1. The average molecular weight is 325 g/mol. The standard InChI is InChI=1S/C12H20N2O2S2.ClH/c1-3-11-4-5-12(17-11)18(15,16)14-8-10(7-13)6-9(14)2;/h4-5,9-10H,3,6-8,13H2,1-2H3;1H. The van der Waals surface area contributed by atoms with Crippen LogP contribution in [0.2, 0.25) is 0 Å². The zero-order valence-corrected chi connectivity index (χ0v) is 13.7. The van der Waals surface area contributed by atoms with Crippen LogP contribution in [0.5, 0.6) is 0 Å². The van der Waals surface area contributed by atoms with Crippen molar-refractivity contribution in [3.8, 4) is 0 Å². The summed E-state index contributed by atoms with van der Waals surface area (Å²) < 4.78 is 27.1. The number of hydrogen-bond donors (Lipinski definition) is 1. The number of hydrogen-bond acceptors (Lipinski definition) is 4. The van der Waals surface area contributed by atoms with Gasteiger partial charge in [-0.15, -0.1) is 23.7 Å². The molecule has 0 amide bonds. The van der Waals surface area contributed by atoms with Crippen LogP contribution in [0.4, 0.5) is 0 Å². The van der Waals surface area contributed by atoms with Crippen molar-refractivity contribution in [2.24, 2.45) is 11.7 Å². The lowest BCUT2D eigenvalue weighted by atomic mass is 10.1. The summed E-state index contributed by atoms with van der Waals surface area (Å²) in [6.45, 7) is 5.10. The number of halogens is 1. The lowest BCUT2D eigenvalue weighted by Crippen LogP contribution is -2.34. The Bertz CT molecular complexity index is 516. The summed E-state index contributed by atoms with van der Waals surface area (Å²) in [5.41, 5.74) is 5.65. The first-order chi connectivity index (χ1) is 8.48. The second kappa shape index (κ2) is 6.54. The van der Waals surface area contributed by atoms with Gasteiger partial charge in [0, 0.05) is 17.5 Å². The molecule has 4 nitrogen and oxygen atoms in total. The number of aryl methyl sites for hydroxylation is 1. The van der Waals surface area contributed by atoms with Crippen LogP contribution in [0, 0.1) is 5.92 Å². The number of nitrogens with two attached hydrogens (primary N) is 1. The highest BCUT2D eigenvalue weighted by atomic mass is 35.5. The Hall–Kier alpha value is -0.140. The summed E-state index contributed by atoms with van der Waals surface area (Å²) in [6, 6.07) is 3.68. The van der Waals surface area contributed by atoms with Crippen LogP contribution < -0.4 is 5.73 Å². The molecule has 2 unspecified atom stereocenters. The van der Waals surface area contributed by atoms with Crippen molar-refractivity contribution in [2.75, 3.05) is 13.1 Å². The topological polar surface area (TPSA) is 63.4 Å². The Labute approximate surface area is 125 Å². The molecule has 7 heteroatoms. The van der Waals surface area contributed by atoms with Gasteiger partial charge in [0.15, 0.2) is 0 Å². The Morgan fingerprint density at radius 2 is 2.16 bits per heavy atom. The van der Waals surface area contributed by atoms with Gasteiger partial charge in [-0.2, -0.15) is 4.31 Å². The summed E-state index contributed by atoms with van der Waals surface area (Å²) in [4.78, 5) is 1.11. The molecule has 1 fully saturated rings. The summed E-state index contributed by atoms with van der Waals surface area (Å²) in [6.07, 6.45) is 1.74. The minimum absolute atomic E-state index is 0. The maximum absolute atomic E-state index is 12.5. The molecule has 1 aliphatic rings. The molecule has 0 bridgehead atoms. The Balaban J connectivity index is 0.00000180. The van der Waals surface area contributed by atoms with Crippen LogP contribution in [0.25, 0.3) is 0 Å². The Morgan fingerprint density at radius 1 is 1.47 bits per heavy atom. The molecule has 1 aromatic rings. The lowest BCUT2D eigenvalue weighted by molar-refractivity contribution is 0.406. The zero-order valence-electron chi connectivity index (χ0n) is 11.2. The molecular formula is C12H21ClN2O2S2. The Kier molecular flexibility index (Phi) is 5.82. The van der Waals surface area contributed by atoms with Crippen LogP contribution >= 0.6 is 23.7 Å². The van der Waals surface area contributed by atoms with Crippen LogP contribution in [0.15, 0.2) is 16.3 Å². The molecule has 1 aliphatic heterocycles. The monoisotopic (exact) mass is 324 g/mol. The van der Waals surface area contributed by atoms with Crippen molar-refractivity contribution >= 4 is 33.8 Å². The van der Waals surface area contributed by atoms with Gasteiger partial charge in [-0.3, -0.25) is 0 Å². The predicted octanol–water partition coefficient (Wildman–Crippen LogP) is 2.09. The fourth-order valence-electron chi connectivity index (χ4n) is 2.42. The van der Waals surface area contributed by atoms with Crippen LogP contribution in [-0.2, 0) is 16.4 Å². The molecule has 2 atom stereocenters. The molecule has 0 aromatic carbocycles. The first-order valence-corrected chi connectivity index (χ1v) is 8.55. The predicted molar refractivity (Wildman–Crippen MR) is 81.5 cm³/mol. The molecule has 19 heavy (non-hydrogen) atoms. The smallest absolute Gasteiger partial charge is 0.252 e. The van der Waals surface area contributed by atoms with Crippen molar-refractivity contribution in [2.45, 2.75) is 36.9 Å². The zero-order chi connectivity index (χ0) is 13.3. The van der Waals surface area contributed by atoms with Gasteiger partial charge >= 0.3 is 0 Å². The minimum Gasteiger partial charge on any atom is -0.330 e. The van der Waals surface area contributed by atoms with Crippen molar-refractivity contribution in [1.82, 2.24) is 4.31 Å². The van der Waals surface area contributed by atoms with E-state index in [1.165, 1.54) is 11.3 Å². The van der Waals surface area contributed by atoms with Gasteiger partial charge in [0.05, 0.1) is 0 Å². The molecule has 0 aliphatic carbocycles. The van der Waals surface area contributed by atoms with Crippen molar-refractivity contribution in [3.05, 3.63) is 17.0 Å². The number of sulfonamides is 1. The van der Waals surface area contributed by atoms with E-state index in [1.807, 2.05) is 19.9 Å². The highest BCUT2D eigenvalue weighted by Crippen LogP contribution is 2.32. The van der Waals surface area contributed by atoms with Gasteiger partial charge in [-0.1, -0.05) is 6.92 Å².